The van der Waals surface area contributed by atoms with E-state index in [0.29, 0.717) is 11.5 Å². The number of fused-ring (bicyclic) bond motifs is 1. The Kier molecular flexibility index (Phi) is 3.50. The van der Waals surface area contributed by atoms with Crippen LogP contribution in [-0.4, -0.2) is 35.0 Å². The van der Waals surface area contributed by atoms with E-state index < -0.39 is 0 Å². The summed E-state index contributed by atoms with van der Waals surface area (Å²) in [6.45, 7) is 0. The minimum Gasteiger partial charge on any atom is -0.340 e. The van der Waals surface area contributed by atoms with Crippen molar-refractivity contribution in [1.29, 1.82) is 0 Å². The topological polar surface area (TPSA) is 90.5 Å². The highest BCUT2D eigenvalue weighted by Crippen LogP contribution is 2.21. The van der Waals surface area contributed by atoms with Gasteiger partial charge in [-0.3, -0.25) is 4.79 Å². The van der Waals surface area contributed by atoms with Gasteiger partial charge in [0.1, 0.15) is 11.5 Å². The van der Waals surface area contributed by atoms with E-state index in [9.17, 15) is 4.79 Å². The van der Waals surface area contributed by atoms with Gasteiger partial charge in [0.05, 0.1) is 35.8 Å². The lowest BCUT2D eigenvalue weighted by molar-refractivity contribution is 0.102. The van der Waals surface area contributed by atoms with Gasteiger partial charge in [-0.15, -0.1) is 0 Å². The van der Waals surface area contributed by atoms with Crippen molar-refractivity contribution in [3.05, 3.63) is 55.1 Å². The first-order valence-electron chi connectivity index (χ1n) is 7.63. The average molecular weight is 333 g/mol. The molecule has 0 aromatic carbocycles. The Morgan fingerprint density at radius 1 is 1.12 bits per heavy atom. The molecule has 0 aliphatic carbocycles. The molecule has 0 fully saturated rings. The monoisotopic (exact) mass is 333 g/mol. The molecular formula is C17H15N7O. The summed E-state index contributed by atoms with van der Waals surface area (Å²) in [5.41, 5.74) is 2.80. The number of aromatic nitrogens is 6. The highest BCUT2D eigenvalue weighted by atomic mass is 16.2. The standard InChI is InChI=1S/C17H15N7O/c1-23-8-14(20-10-23)17(25)22-16-5-13-11(6-19-16)3-4-12(21-13)15-7-18-9-24(15)2/h3-10H,1-2H3,(H,19,22,25). The highest BCUT2D eigenvalue weighted by molar-refractivity contribution is 6.02. The number of aryl methyl sites for hydroxylation is 2. The maximum absolute atomic E-state index is 12.2. The summed E-state index contributed by atoms with van der Waals surface area (Å²) in [5.74, 6) is 0.119. The van der Waals surface area contributed by atoms with E-state index in [1.54, 1.807) is 41.9 Å². The molecule has 25 heavy (non-hydrogen) atoms. The largest absolute Gasteiger partial charge is 0.340 e. The number of rotatable bonds is 3. The minimum absolute atomic E-state index is 0.310. The zero-order valence-corrected chi connectivity index (χ0v) is 13.7. The Bertz CT molecular complexity index is 1080. The molecule has 4 rings (SSSR count). The second-order valence-corrected chi connectivity index (χ2v) is 5.73. The molecule has 0 unspecified atom stereocenters. The number of amides is 1. The molecule has 8 heteroatoms. The van der Waals surface area contributed by atoms with Crippen molar-refractivity contribution in [3.8, 4) is 11.4 Å². The number of hydrogen-bond acceptors (Lipinski definition) is 5. The van der Waals surface area contributed by atoms with Gasteiger partial charge >= 0.3 is 0 Å². The summed E-state index contributed by atoms with van der Waals surface area (Å²) in [7, 11) is 3.72. The van der Waals surface area contributed by atoms with E-state index in [1.807, 2.05) is 30.8 Å². The molecule has 0 spiro atoms. The van der Waals surface area contributed by atoms with Gasteiger partial charge < -0.3 is 14.5 Å². The molecule has 1 N–H and O–H groups in total. The summed E-state index contributed by atoms with van der Waals surface area (Å²) in [5, 5.41) is 3.64. The van der Waals surface area contributed by atoms with Gasteiger partial charge in [-0.1, -0.05) is 0 Å². The Morgan fingerprint density at radius 3 is 2.72 bits per heavy atom. The summed E-state index contributed by atoms with van der Waals surface area (Å²) in [6, 6.07) is 5.62. The molecule has 124 valence electrons. The van der Waals surface area contributed by atoms with Crippen molar-refractivity contribution in [3.63, 3.8) is 0 Å². The first-order chi connectivity index (χ1) is 12.1. The van der Waals surface area contributed by atoms with Gasteiger partial charge in [0.15, 0.2) is 0 Å². The summed E-state index contributed by atoms with van der Waals surface area (Å²) in [4.78, 5) is 29.3. The fraction of sp³-hybridized carbons (Fsp3) is 0.118. The Morgan fingerprint density at radius 2 is 2.00 bits per heavy atom. The third kappa shape index (κ3) is 2.85. The van der Waals surface area contributed by atoms with Gasteiger partial charge in [-0.2, -0.15) is 0 Å². The maximum atomic E-state index is 12.2. The number of carbonyl (C=O) groups excluding carboxylic acids is 1. The van der Waals surface area contributed by atoms with E-state index in [0.717, 1.165) is 22.3 Å². The SMILES string of the molecule is Cn1cnc(C(=O)Nc2cc3nc(-c4cncn4C)ccc3cn2)c1. The molecule has 4 heterocycles. The quantitative estimate of drug-likeness (QED) is 0.619. The lowest BCUT2D eigenvalue weighted by Crippen LogP contribution is -2.13. The van der Waals surface area contributed by atoms with Crippen molar-refractivity contribution in [1.82, 2.24) is 29.1 Å². The second-order valence-electron chi connectivity index (χ2n) is 5.73. The number of nitrogens with zero attached hydrogens (tertiary/aromatic N) is 6. The van der Waals surface area contributed by atoms with Crippen LogP contribution in [0.5, 0.6) is 0 Å². The van der Waals surface area contributed by atoms with Crippen molar-refractivity contribution >= 4 is 22.6 Å². The third-order valence-electron chi connectivity index (χ3n) is 3.83. The zero-order chi connectivity index (χ0) is 17.4. The Labute approximate surface area is 143 Å². The van der Waals surface area contributed by atoms with Crippen LogP contribution in [0.25, 0.3) is 22.3 Å². The third-order valence-corrected chi connectivity index (χ3v) is 3.83. The van der Waals surface area contributed by atoms with Crippen LogP contribution in [0.3, 0.4) is 0 Å². The zero-order valence-electron chi connectivity index (χ0n) is 13.7. The van der Waals surface area contributed by atoms with E-state index in [4.69, 9.17) is 0 Å². The van der Waals surface area contributed by atoms with Crippen molar-refractivity contribution in [2.75, 3.05) is 5.32 Å². The van der Waals surface area contributed by atoms with Gasteiger partial charge in [-0.25, -0.2) is 19.9 Å². The predicted octanol–water partition coefficient (Wildman–Crippen LogP) is 2.02. The van der Waals surface area contributed by atoms with Gasteiger partial charge in [0, 0.05) is 37.9 Å². The summed E-state index contributed by atoms with van der Waals surface area (Å²) < 4.78 is 3.61. The molecule has 4 aromatic heterocycles. The van der Waals surface area contributed by atoms with Crippen LogP contribution in [0, 0.1) is 0 Å². The van der Waals surface area contributed by atoms with Crippen LogP contribution in [0.2, 0.25) is 0 Å². The molecule has 0 radical (unpaired) electrons. The normalized spacial score (nSPS) is 11.0. The fourth-order valence-electron chi connectivity index (χ4n) is 2.54. The molecule has 0 aliphatic heterocycles. The Hall–Kier alpha value is -3.55. The van der Waals surface area contributed by atoms with E-state index in [2.05, 4.69) is 25.3 Å². The molecule has 0 saturated heterocycles. The summed E-state index contributed by atoms with van der Waals surface area (Å²) in [6.07, 6.45) is 8.40. The highest BCUT2D eigenvalue weighted by Gasteiger charge is 2.11. The molecule has 0 saturated carbocycles. The number of hydrogen-bond donors (Lipinski definition) is 1. The predicted molar refractivity (Wildman–Crippen MR) is 92.9 cm³/mol. The molecule has 0 bridgehead atoms. The lowest BCUT2D eigenvalue weighted by Gasteiger charge is -2.06. The number of nitrogens with one attached hydrogen (secondary N) is 1. The van der Waals surface area contributed by atoms with Crippen LogP contribution in [0.15, 0.2) is 49.4 Å². The van der Waals surface area contributed by atoms with Crippen LogP contribution >= 0.6 is 0 Å². The van der Waals surface area contributed by atoms with Crippen molar-refractivity contribution < 1.29 is 4.79 Å². The molecule has 4 aromatic rings. The van der Waals surface area contributed by atoms with Crippen LogP contribution in [0.1, 0.15) is 10.5 Å². The molecule has 0 aliphatic rings. The maximum Gasteiger partial charge on any atom is 0.276 e. The number of carbonyl (C=O) groups is 1. The first-order valence-corrected chi connectivity index (χ1v) is 7.63. The van der Waals surface area contributed by atoms with E-state index >= 15 is 0 Å². The minimum atomic E-state index is -0.310. The number of anilines is 1. The average Bonchev–Trinajstić information content (AvgIpc) is 3.22. The Balaban J connectivity index is 1.67. The number of pyridine rings is 2. The smallest absolute Gasteiger partial charge is 0.276 e. The lowest BCUT2D eigenvalue weighted by atomic mass is 10.2. The fourth-order valence-corrected chi connectivity index (χ4v) is 2.54. The van der Waals surface area contributed by atoms with Gasteiger partial charge in [0.25, 0.3) is 5.91 Å². The number of imidazole rings is 2. The van der Waals surface area contributed by atoms with Gasteiger partial charge in [-0.05, 0) is 12.1 Å². The van der Waals surface area contributed by atoms with Crippen molar-refractivity contribution in [2.45, 2.75) is 0 Å². The van der Waals surface area contributed by atoms with Crippen molar-refractivity contribution in [2.24, 2.45) is 14.1 Å². The van der Waals surface area contributed by atoms with Crippen LogP contribution in [0.4, 0.5) is 5.82 Å². The van der Waals surface area contributed by atoms with E-state index in [1.165, 1.54) is 0 Å². The molecule has 8 nitrogen and oxygen atoms in total. The second kappa shape index (κ2) is 5.82. The van der Waals surface area contributed by atoms with E-state index in [-0.39, 0.29) is 5.91 Å². The first kappa shape index (κ1) is 15.0. The summed E-state index contributed by atoms with van der Waals surface area (Å²) >= 11 is 0. The molecular weight excluding hydrogens is 318 g/mol. The van der Waals surface area contributed by atoms with Gasteiger partial charge in [0.2, 0.25) is 0 Å². The van der Waals surface area contributed by atoms with Crippen LogP contribution < -0.4 is 5.32 Å². The van der Waals surface area contributed by atoms with Crippen LogP contribution in [-0.2, 0) is 14.1 Å². The molecule has 1 amide bonds. The molecule has 0 atom stereocenters.